The third-order valence-corrected chi connectivity index (χ3v) is 6.50. The Bertz CT molecular complexity index is 920. The van der Waals surface area contributed by atoms with Crippen LogP contribution in [0.2, 0.25) is 5.02 Å². The molecule has 0 saturated carbocycles. The standard InChI is InChI=1S/C18H15ClFNO3S/c19-17-4-2-1-3-13(17)5-10-18(22)21-11-16(12-21)25(23,24)15-8-6-14(20)7-9-15/h1-10,16H,11-12H2/b10-5+. The summed E-state index contributed by atoms with van der Waals surface area (Å²) in [5.41, 5.74) is 0.716. The van der Waals surface area contributed by atoms with Crippen LogP contribution < -0.4 is 0 Å². The maximum atomic E-state index is 12.9. The number of sulfone groups is 1. The van der Waals surface area contributed by atoms with E-state index in [-0.39, 0.29) is 23.9 Å². The maximum Gasteiger partial charge on any atom is 0.246 e. The number of carbonyl (C=O) groups is 1. The van der Waals surface area contributed by atoms with Gasteiger partial charge < -0.3 is 4.90 Å². The number of carbonyl (C=O) groups excluding carboxylic acids is 1. The third kappa shape index (κ3) is 3.75. The Hall–Kier alpha value is -2.18. The lowest BCUT2D eigenvalue weighted by Gasteiger charge is -2.38. The number of nitrogens with zero attached hydrogens (tertiary/aromatic N) is 1. The minimum atomic E-state index is -3.57. The molecule has 1 amide bonds. The molecule has 2 aromatic carbocycles. The van der Waals surface area contributed by atoms with Gasteiger partial charge in [-0.1, -0.05) is 29.8 Å². The van der Waals surface area contributed by atoms with E-state index in [9.17, 15) is 17.6 Å². The van der Waals surface area contributed by atoms with Gasteiger partial charge in [-0.2, -0.15) is 0 Å². The highest BCUT2D eigenvalue weighted by Crippen LogP contribution is 2.24. The first-order valence-corrected chi connectivity index (χ1v) is 9.51. The summed E-state index contributed by atoms with van der Waals surface area (Å²) in [6.07, 6.45) is 2.98. The first-order chi connectivity index (χ1) is 11.9. The number of hydrogen-bond acceptors (Lipinski definition) is 3. The van der Waals surface area contributed by atoms with Gasteiger partial charge in [0.25, 0.3) is 0 Å². The Morgan fingerprint density at radius 3 is 2.40 bits per heavy atom. The van der Waals surface area contributed by atoms with Crippen LogP contribution in [-0.2, 0) is 14.6 Å². The van der Waals surface area contributed by atoms with E-state index in [2.05, 4.69) is 0 Å². The van der Waals surface area contributed by atoms with Crippen LogP contribution in [0.15, 0.2) is 59.5 Å². The first kappa shape index (κ1) is 17.6. The smallest absolute Gasteiger partial charge is 0.246 e. The molecule has 0 spiro atoms. The Labute approximate surface area is 150 Å². The monoisotopic (exact) mass is 379 g/mol. The van der Waals surface area contributed by atoms with Crippen molar-refractivity contribution in [1.29, 1.82) is 0 Å². The van der Waals surface area contributed by atoms with Crippen molar-refractivity contribution < 1.29 is 17.6 Å². The molecular formula is C18H15ClFNO3S. The molecule has 0 unspecified atom stereocenters. The normalized spacial score (nSPS) is 15.4. The minimum Gasteiger partial charge on any atom is -0.336 e. The number of benzene rings is 2. The van der Waals surface area contributed by atoms with Gasteiger partial charge in [0.05, 0.1) is 4.90 Å². The molecule has 7 heteroatoms. The van der Waals surface area contributed by atoms with Gasteiger partial charge >= 0.3 is 0 Å². The van der Waals surface area contributed by atoms with Crippen LogP contribution >= 0.6 is 11.6 Å². The van der Waals surface area contributed by atoms with Gasteiger partial charge in [0.1, 0.15) is 11.1 Å². The van der Waals surface area contributed by atoms with E-state index >= 15 is 0 Å². The van der Waals surface area contributed by atoms with Gasteiger partial charge in [0.15, 0.2) is 9.84 Å². The summed E-state index contributed by atoms with van der Waals surface area (Å²) in [7, 11) is -3.57. The number of likely N-dealkylation sites (tertiary alicyclic amines) is 1. The highest BCUT2D eigenvalue weighted by Gasteiger charge is 2.39. The average Bonchev–Trinajstić information content (AvgIpc) is 2.53. The number of rotatable bonds is 4. The molecule has 1 saturated heterocycles. The summed E-state index contributed by atoms with van der Waals surface area (Å²) in [6, 6.07) is 11.8. The van der Waals surface area contributed by atoms with Crippen molar-refractivity contribution in [3.63, 3.8) is 0 Å². The molecule has 3 rings (SSSR count). The van der Waals surface area contributed by atoms with Gasteiger partial charge in [-0.15, -0.1) is 0 Å². The largest absolute Gasteiger partial charge is 0.336 e. The van der Waals surface area contributed by atoms with Crippen molar-refractivity contribution in [2.45, 2.75) is 10.1 Å². The Kier molecular flexibility index (Phi) is 4.92. The van der Waals surface area contributed by atoms with Crippen molar-refractivity contribution in [3.8, 4) is 0 Å². The molecule has 1 heterocycles. The fourth-order valence-corrected chi connectivity index (χ4v) is 4.36. The van der Waals surface area contributed by atoms with Crippen molar-refractivity contribution >= 4 is 33.4 Å². The van der Waals surface area contributed by atoms with Crippen LogP contribution in [0.25, 0.3) is 6.08 Å². The van der Waals surface area contributed by atoms with Crippen LogP contribution in [0, 0.1) is 5.82 Å². The summed E-state index contributed by atoms with van der Waals surface area (Å²) in [6.45, 7) is 0.233. The van der Waals surface area contributed by atoms with E-state index in [1.54, 1.807) is 24.3 Å². The Morgan fingerprint density at radius 1 is 1.12 bits per heavy atom. The summed E-state index contributed by atoms with van der Waals surface area (Å²) >= 11 is 6.01. The number of amides is 1. The third-order valence-electron chi connectivity index (χ3n) is 4.05. The molecule has 0 radical (unpaired) electrons. The van der Waals surface area contributed by atoms with Crippen LogP contribution in [0.3, 0.4) is 0 Å². The predicted octanol–water partition coefficient (Wildman–Crippen LogP) is 3.18. The quantitative estimate of drug-likeness (QED) is 0.605. The van der Waals surface area contributed by atoms with E-state index in [1.807, 2.05) is 6.07 Å². The zero-order valence-corrected chi connectivity index (χ0v) is 14.7. The van der Waals surface area contributed by atoms with Gasteiger partial charge in [-0.05, 0) is 42.0 Å². The van der Waals surface area contributed by atoms with Crippen molar-refractivity contribution in [3.05, 3.63) is 71.0 Å². The predicted molar refractivity (Wildman–Crippen MR) is 94.4 cm³/mol. The minimum absolute atomic E-state index is 0.0672. The fraction of sp³-hybridized carbons (Fsp3) is 0.167. The lowest BCUT2D eigenvalue weighted by molar-refractivity contribution is -0.128. The van der Waals surface area contributed by atoms with E-state index in [1.165, 1.54) is 23.1 Å². The van der Waals surface area contributed by atoms with Gasteiger partial charge in [-0.3, -0.25) is 4.79 Å². The topological polar surface area (TPSA) is 54.5 Å². The van der Waals surface area contributed by atoms with Crippen LogP contribution in [-0.4, -0.2) is 37.6 Å². The molecule has 0 aliphatic carbocycles. The highest BCUT2D eigenvalue weighted by molar-refractivity contribution is 7.92. The lowest BCUT2D eigenvalue weighted by Crippen LogP contribution is -2.56. The SMILES string of the molecule is O=C(/C=C/c1ccccc1Cl)N1CC(S(=O)(=O)c2ccc(F)cc2)C1. The van der Waals surface area contributed by atoms with E-state index in [0.29, 0.717) is 10.6 Å². The molecule has 1 aliphatic rings. The highest BCUT2D eigenvalue weighted by atomic mass is 35.5. The Balaban J connectivity index is 1.63. The molecule has 1 fully saturated rings. The molecule has 0 aromatic heterocycles. The van der Waals surface area contributed by atoms with E-state index < -0.39 is 20.9 Å². The molecule has 0 atom stereocenters. The van der Waals surface area contributed by atoms with E-state index in [0.717, 1.165) is 12.1 Å². The van der Waals surface area contributed by atoms with Crippen molar-refractivity contribution in [2.24, 2.45) is 0 Å². The molecule has 1 aliphatic heterocycles. The average molecular weight is 380 g/mol. The summed E-state index contributed by atoms with van der Waals surface area (Å²) in [5, 5.41) is -0.137. The molecule has 130 valence electrons. The second kappa shape index (κ2) is 6.98. The van der Waals surface area contributed by atoms with Gasteiger partial charge in [0.2, 0.25) is 5.91 Å². The summed E-state index contributed by atoms with van der Waals surface area (Å²) in [4.78, 5) is 13.6. The van der Waals surface area contributed by atoms with Crippen molar-refractivity contribution in [2.75, 3.05) is 13.1 Å². The van der Waals surface area contributed by atoms with Crippen molar-refractivity contribution in [1.82, 2.24) is 4.90 Å². The zero-order valence-electron chi connectivity index (χ0n) is 13.1. The van der Waals surface area contributed by atoms with Gasteiger partial charge in [-0.25, -0.2) is 12.8 Å². The number of hydrogen-bond donors (Lipinski definition) is 0. The van der Waals surface area contributed by atoms with Crippen LogP contribution in [0.5, 0.6) is 0 Å². The molecule has 2 aromatic rings. The van der Waals surface area contributed by atoms with Crippen LogP contribution in [0.4, 0.5) is 4.39 Å². The fourth-order valence-electron chi connectivity index (χ4n) is 2.51. The molecular weight excluding hydrogens is 365 g/mol. The zero-order chi connectivity index (χ0) is 18.0. The first-order valence-electron chi connectivity index (χ1n) is 7.59. The molecule has 4 nitrogen and oxygen atoms in total. The van der Waals surface area contributed by atoms with Crippen LogP contribution in [0.1, 0.15) is 5.56 Å². The summed E-state index contributed by atoms with van der Waals surface area (Å²) in [5.74, 6) is -0.764. The van der Waals surface area contributed by atoms with E-state index in [4.69, 9.17) is 11.6 Å². The maximum absolute atomic E-state index is 12.9. The van der Waals surface area contributed by atoms with Gasteiger partial charge in [0, 0.05) is 24.2 Å². The lowest BCUT2D eigenvalue weighted by atomic mass is 10.2. The number of halogens is 2. The molecule has 0 bridgehead atoms. The second-order valence-corrected chi connectivity index (χ2v) is 8.35. The molecule has 0 N–H and O–H groups in total. The summed E-state index contributed by atoms with van der Waals surface area (Å²) < 4.78 is 37.8. The Morgan fingerprint density at radius 2 is 1.76 bits per heavy atom. The second-order valence-electron chi connectivity index (χ2n) is 5.72. The molecule has 25 heavy (non-hydrogen) atoms.